The Balaban J connectivity index is 0.000000159. The van der Waals surface area contributed by atoms with E-state index in [-0.39, 0.29) is 0 Å². The van der Waals surface area contributed by atoms with Gasteiger partial charge in [-0.3, -0.25) is 4.98 Å². The van der Waals surface area contributed by atoms with Crippen LogP contribution >= 0.6 is 0 Å². The summed E-state index contributed by atoms with van der Waals surface area (Å²) in [6.07, 6.45) is 3.36. The number of aromatic nitrogens is 5. The van der Waals surface area contributed by atoms with Crippen LogP contribution in [0.4, 0.5) is 0 Å². The van der Waals surface area contributed by atoms with E-state index in [2.05, 4.69) is 24.9 Å². The SMILES string of the molecule is [B]c1nc(C)nc2cc(C)c(OC)cc12.[B]c1nc(C)nc2cnccc12. The van der Waals surface area contributed by atoms with E-state index in [1.54, 1.807) is 19.5 Å². The second-order valence-corrected chi connectivity index (χ2v) is 6.04. The van der Waals surface area contributed by atoms with Gasteiger partial charge in [-0.15, -0.1) is 0 Å². The van der Waals surface area contributed by atoms with Crippen LogP contribution in [0, 0.1) is 20.8 Å². The van der Waals surface area contributed by atoms with E-state index in [0.29, 0.717) is 22.8 Å². The van der Waals surface area contributed by atoms with Crippen molar-refractivity contribution in [1.82, 2.24) is 24.9 Å². The standard InChI is InChI=1S/C11H11BN2O.C8H6BN3/c1-6-4-9-8(5-10(6)15-3)11(12)14-7(2)13-9;1-5-11-7-4-10-3-2-6(7)8(9)12-5/h4-5H,1-3H3;2-4H,1H3. The summed E-state index contributed by atoms with van der Waals surface area (Å²) >= 11 is 0. The zero-order valence-electron chi connectivity index (χ0n) is 15.7. The summed E-state index contributed by atoms with van der Waals surface area (Å²) in [7, 11) is 13.1. The third-order valence-electron chi connectivity index (χ3n) is 3.99. The molecule has 0 aliphatic heterocycles. The Morgan fingerprint density at radius 2 is 1.44 bits per heavy atom. The molecule has 0 N–H and O–H groups in total. The molecule has 8 heteroatoms. The summed E-state index contributed by atoms with van der Waals surface area (Å²) in [5.74, 6) is 2.17. The highest BCUT2D eigenvalue weighted by Crippen LogP contribution is 2.22. The lowest BCUT2D eigenvalue weighted by atomic mass is 9.97. The third kappa shape index (κ3) is 4.05. The first-order valence-electron chi connectivity index (χ1n) is 8.31. The molecule has 0 bridgehead atoms. The number of pyridine rings is 1. The summed E-state index contributed by atoms with van der Waals surface area (Å²) < 4.78 is 5.23. The smallest absolute Gasteiger partial charge is 0.142 e. The lowest BCUT2D eigenvalue weighted by Crippen LogP contribution is -2.12. The van der Waals surface area contributed by atoms with Crippen LogP contribution in [0.2, 0.25) is 0 Å². The Morgan fingerprint density at radius 3 is 2.11 bits per heavy atom. The Kier molecular flexibility index (Phi) is 5.35. The normalized spacial score (nSPS) is 10.5. The lowest BCUT2D eigenvalue weighted by molar-refractivity contribution is 0.412. The molecule has 3 aromatic heterocycles. The molecule has 0 fully saturated rings. The maximum atomic E-state index is 5.82. The van der Waals surface area contributed by atoms with Crippen molar-refractivity contribution in [2.24, 2.45) is 0 Å². The molecule has 3 heterocycles. The van der Waals surface area contributed by atoms with Crippen LogP contribution in [0.25, 0.3) is 21.8 Å². The Hall–Kier alpha value is -3.02. The van der Waals surface area contributed by atoms with Crippen molar-refractivity contribution < 1.29 is 4.74 Å². The highest BCUT2D eigenvalue weighted by Gasteiger charge is 2.06. The monoisotopic (exact) mass is 353 g/mol. The fraction of sp³-hybridized carbons (Fsp3) is 0.211. The van der Waals surface area contributed by atoms with Crippen LogP contribution in [0.15, 0.2) is 30.6 Å². The van der Waals surface area contributed by atoms with Gasteiger partial charge in [-0.25, -0.2) is 19.9 Å². The third-order valence-corrected chi connectivity index (χ3v) is 3.99. The Bertz CT molecular complexity index is 1130. The van der Waals surface area contributed by atoms with Crippen molar-refractivity contribution in [2.45, 2.75) is 20.8 Å². The molecule has 0 saturated heterocycles. The first-order valence-corrected chi connectivity index (χ1v) is 8.31. The van der Waals surface area contributed by atoms with Gasteiger partial charge in [0.1, 0.15) is 33.1 Å². The molecule has 0 unspecified atom stereocenters. The van der Waals surface area contributed by atoms with E-state index < -0.39 is 0 Å². The minimum atomic E-state index is 0.496. The molecule has 4 rings (SSSR count). The first kappa shape index (κ1) is 18.8. The van der Waals surface area contributed by atoms with Crippen LogP contribution in [0.1, 0.15) is 17.2 Å². The maximum Gasteiger partial charge on any atom is 0.142 e. The number of fused-ring (bicyclic) bond motifs is 2. The van der Waals surface area contributed by atoms with Crippen LogP contribution in [0.5, 0.6) is 5.75 Å². The van der Waals surface area contributed by atoms with Crippen molar-refractivity contribution in [1.29, 1.82) is 0 Å². The van der Waals surface area contributed by atoms with Crippen molar-refractivity contribution in [3.63, 3.8) is 0 Å². The van der Waals surface area contributed by atoms with Crippen LogP contribution < -0.4 is 15.9 Å². The Labute approximate surface area is 160 Å². The zero-order valence-corrected chi connectivity index (χ0v) is 15.7. The van der Waals surface area contributed by atoms with E-state index >= 15 is 0 Å². The highest BCUT2D eigenvalue weighted by molar-refractivity contribution is 6.37. The molecule has 0 amide bonds. The van der Waals surface area contributed by atoms with E-state index in [9.17, 15) is 0 Å². The topological polar surface area (TPSA) is 73.7 Å². The van der Waals surface area contributed by atoms with Crippen molar-refractivity contribution in [3.05, 3.63) is 47.8 Å². The molecule has 0 atom stereocenters. The molecule has 27 heavy (non-hydrogen) atoms. The molecular weight excluding hydrogens is 336 g/mol. The molecule has 0 spiro atoms. The fourth-order valence-electron chi connectivity index (χ4n) is 2.75. The van der Waals surface area contributed by atoms with Gasteiger partial charge < -0.3 is 4.74 Å². The fourth-order valence-corrected chi connectivity index (χ4v) is 2.75. The van der Waals surface area contributed by atoms with Crippen molar-refractivity contribution >= 4 is 48.7 Å². The first-order chi connectivity index (χ1) is 12.9. The molecule has 0 aliphatic rings. The molecular formula is C19H17B2N5O. The maximum absolute atomic E-state index is 5.82. The van der Waals surface area contributed by atoms with Gasteiger partial charge in [-0.05, 0) is 55.7 Å². The molecule has 130 valence electrons. The molecule has 0 aliphatic carbocycles. The summed E-state index contributed by atoms with van der Waals surface area (Å²) in [4.78, 5) is 20.6. The Morgan fingerprint density at radius 1 is 0.815 bits per heavy atom. The predicted octanol–water partition coefficient (Wildman–Crippen LogP) is 1.18. The molecule has 4 aromatic rings. The van der Waals surface area contributed by atoms with Gasteiger partial charge in [-0.2, -0.15) is 0 Å². The van der Waals surface area contributed by atoms with E-state index in [0.717, 1.165) is 33.1 Å². The summed E-state index contributed by atoms with van der Waals surface area (Å²) in [6.45, 7) is 5.62. The number of methoxy groups -OCH3 is 1. The quantitative estimate of drug-likeness (QED) is 0.479. The predicted molar refractivity (Wildman–Crippen MR) is 108 cm³/mol. The van der Waals surface area contributed by atoms with Gasteiger partial charge in [-0.1, -0.05) is 0 Å². The average molecular weight is 353 g/mol. The van der Waals surface area contributed by atoms with Gasteiger partial charge in [0, 0.05) is 17.0 Å². The van der Waals surface area contributed by atoms with Gasteiger partial charge in [0.2, 0.25) is 0 Å². The minimum absolute atomic E-state index is 0.496. The number of benzene rings is 1. The summed E-state index contributed by atoms with van der Waals surface area (Å²) in [5, 5.41) is 1.69. The number of nitrogens with zero attached hydrogens (tertiary/aromatic N) is 5. The molecule has 6 nitrogen and oxygen atoms in total. The highest BCUT2D eigenvalue weighted by atomic mass is 16.5. The van der Waals surface area contributed by atoms with Gasteiger partial charge in [0.05, 0.1) is 24.3 Å². The second-order valence-electron chi connectivity index (χ2n) is 6.04. The number of ether oxygens (including phenoxy) is 1. The van der Waals surface area contributed by atoms with E-state index in [1.807, 2.05) is 39.0 Å². The van der Waals surface area contributed by atoms with Crippen molar-refractivity contribution in [3.8, 4) is 5.75 Å². The zero-order chi connectivity index (χ0) is 19.6. The van der Waals surface area contributed by atoms with E-state index in [4.69, 9.17) is 20.4 Å². The van der Waals surface area contributed by atoms with Gasteiger partial charge in [0.25, 0.3) is 0 Å². The number of rotatable bonds is 1. The van der Waals surface area contributed by atoms with Crippen LogP contribution in [-0.4, -0.2) is 47.7 Å². The largest absolute Gasteiger partial charge is 0.496 e. The van der Waals surface area contributed by atoms with Gasteiger partial charge in [0.15, 0.2) is 0 Å². The van der Waals surface area contributed by atoms with E-state index in [1.165, 1.54) is 0 Å². The number of aryl methyl sites for hydroxylation is 3. The minimum Gasteiger partial charge on any atom is -0.496 e. The molecule has 0 saturated carbocycles. The number of hydrogen-bond donors (Lipinski definition) is 0. The lowest BCUT2D eigenvalue weighted by Gasteiger charge is -2.08. The summed E-state index contributed by atoms with van der Waals surface area (Å²) in [5.41, 5.74) is 3.71. The average Bonchev–Trinajstić information content (AvgIpc) is 2.61. The molecule has 1 aromatic carbocycles. The summed E-state index contributed by atoms with van der Waals surface area (Å²) in [6, 6.07) is 5.64. The molecule has 4 radical (unpaired) electrons. The van der Waals surface area contributed by atoms with Crippen LogP contribution in [0.3, 0.4) is 0 Å². The van der Waals surface area contributed by atoms with Crippen LogP contribution in [-0.2, 0) is 0 Å². The number of hydrogen-bond acceptors (Lipinski definition) is 6. The van der Waals surface area contributed by atoms with Crippen molar-refractivity contribution in [2.75, 3.05) is 7.11 Å². The van der Waals surface area contributed by atoms with Gasteiger partial charge >= 0.3 is 0 Å². The second kappa shape index (κ2) is 7.70.